The summed E-state index contributed by atoms with van der Waals surface area (Å²) in [4.78, 5) is 50.8. The summed E-state index contributed by atoms with van der Waals surface area (Å²) in [5.74, 6) is -2.04. The van der Waals surface area contributed by atoms with E-state index in [-0.39, 0.29) is 5.56 Å². The zero-order valence-electron chi connectivity index (χ0n) is 14.9. The van der Waals surface area contributed by atoms with E-state index in [2.05, 4.69) is 15.8 Å². The summed E-state index contributed by atoms with van der Waals surface area (Å²) in [5, 5.41) is 0.497. The van der Waals surface area contributed by atoms with Gasteiger partial charge in [0.25, 0.3) is 11.8 Å². The SMILES string of the molecule is C[C@@H](OC(=O)c1cc(=O)[nH]c2ccccc12)C(=O)NNC(=O)c1ccccc1. The highest BCUT2D eigenvalue weighted by Crippen LogP contribution is 2.16. The molecule has 28 heavy (non-hydrogen) atoms. The van der Waals surface area contributed by atoms with Gasteiger partial charge in [-0.25, -0.2) is 4.79 Å². The van der Waals surface area contributed by atoms with E-state index < -0.39 is 29.4 Å². The number of para-hydroxylation sites is 1. The maximum atomic E-state index is 12.4. The summed E-state index contributed by atoms with van der Waals surface area (Å²) in [7, 11) is 0. The summed E-state index contributed by atoms with van der Waals surface area (Å²) in [5.41, 5.74) is 4.88. The van der Waals surface area contributed by atoms with Crippen LogP contribution in [0.25, 0.3) is 10.9 Å². The molecule has 0 spiro atoms. The second-order valence-electron chi connectivity index (χ2n) is 5.95. The molecule has 0 fully saturated rings. The molecule has 0 aliphatic heterocycles. The number of nitrogens with one attached hydrogen (secondary N) is 3. The van der Waals surface area contributed by atoms with Crippen LogP contribution in [0.15, 0.2) is 65.5 Å². The van der Waals surface area contributed by atoms with Crippen molar-refractivity contribution in [2.75, 3.05) is 0 Å². The predicted octanol–water partition coefficient (Wildman–Crippen LogP) is 1.53. The van der Waals surface area contributed by atoms with E-state index in [1.54, 1.807) is 54.6 Å². The number of aromatic nitrogens is 1. The quantitative estimate of drug-likeness (QED) is 0.469. The van der Waals surface area contributed by atoms with Gasteiger partial charge in [0.1, 0.15) is 0 Å². The first-order chi connectivity index (χ1) is 13.5. The molecule has 8 nitrogen and oxygen atoms in total. The Morgan fingerprint density at radius 2 is 1.64 bits per heavy atom. The molecule has 0 aliphatic rings. The smallest absolute Gasteiger partial charge is 0.339 e. The van der Waals surface area contributed by atoms with E-state index in [4.69, 9.17) is 4.74 Å². The molecule has 1 atom stereocenters. The highest BCUT2D eigenvalue weighted by atomic mass is 16.5. The lowest BCUT2D eigenvalue weighted by Crippen LogP contribution is -2.46. The topological polar surface area (TPSA) is 117 Å². The van der Waals surface area contributed by atoms with Crippen molar-refractivity contribution in [3.05, 3.63) is 82.1 Å². The molecule has 0 saturated heterocycles. The third kappa shape index (κ3) is 4.24. The van der Waals surface area contributed by atoms with Crippen molar-refractivity contribution in [2.45, 2.75) is 13.0 Å². The Labute approximate surface area is 159 Å². The number of benzene rings is 2. The maximum Gasteiger partial charge on any atom is 0.339 e. The van der Waals surface area contributed by atoms with Gasteiger partial charge in [-0.05, 0) is 25.1 Å². The number of esters is 1. The number of rotatable bonds is 4. The molecule has 142 valence electrons. The van der Waals surface area contributed by atoms with Crippen LogP contribution in [-0.4, -0.2) is 28.9 Å². The van der Waals surface area contributed by atoms with E-state index >= 15 is 0 Å². The van der Waals surface area contributed by atoms with Gasteiger partial charge in [0.05, 0.1) is 5.56 Å². The van der Waals surface area contributed by atoms with Crippen molar-refractivity contribution in [2.24, 2.45) is 0 Å². The Morgan fingerprint density at radius 1 is 0.964 bits per heavy atom. The molecule has 3 aromatic rings. The Bertz CT molecular complexity index is 1090. The Kier molecular flexibility index (Phi) is 5.50. The molecule has 3 rings (SSSR count). The second-order valence-corrected chi connectivity index (χ2v) is 5.95. The fourth-order valence-electron chi connectivity index (χ4n) is 2.53. The lowest BCUT2D eigenvalue weighted by atomic mass is 10.1. The van der Waals surface area contributed by atoms with E-state index in [9.17, 15) is 19.2 Å². The molecule has 2 aromatic carbocycles. The van der Waals surface area contributed by atoms with E-state index in [1.165, 1.54) is 6.92 Å². The largest absolute Gasteiger partial charge is 0.449 e. The summed E-state index contributed by atoms with van der Waals surface area (Å²) < 4.78 is 5.14. The van der Waals surface area contributed by atoms with Crippen molar-refractivity contribution in [3.63, 3.8) is 0 Å². The molecule has 0 saturated carbocycles. The Morgan fingerprint density at radius 3 is 2.39 bits per heavy atom. The van der Waals surface area contributed by atoms with E-state index in [0.717, 1.165) is 6.07 Å². The third-order valence-corrected chi connectivity index (χ3v) is 3.96. The normalized spacial score (nSPS) is 11.5. The highest BCUT2D eigenvalue weighted by Gasteiger charge is 2.21. The lowest BCUT2D eigenvalue weighted by Gasteiger charge is -2.14. The average molecular weight is 379 g/mol. The molecule has 0 bridgehead atoms. The summed E-state index contributed by atoms with van der Waals surface area (Å²) in [6.07, 6.45) is -1.19. The summed E-state index contributed by atoms with van der Waals surface area (Å²) >= 11 is 0. The first-order valence-electron chi connectivity index (χ1n) is 8.44. The van der Waals surface area contributed by atoms with Gasteiger partial charge in [0.2, 0.25) is 5.56 Å². The first kappa shape index (κ1) is 18.8. The van der Waals surface area contributed by atoms with Gasteiger partial charge >= 0.3 is 5.97 Å². The number of hydrazine groups is 1. The first-order valence-corrected chi connectivity index (χ1v) is 8.44. The molecule has 8 heteroatoms. The monoisotopic (exact) mass is 379 g/mol. The van der Waals surface area contributed by atoms with Gasteiger partial charge in [-0.15, -0.1) is 0 Å². The minimum atomic E-state index is -1.19. The lowest BCUT2D eigenvalue weighted by molar-refractivity contribution is -0.129. The van der Waals surface area contributed by atoms with Crippen LogP contribution in [0.5, 0.6) is 0 Å². The van der Waals surface area contributed by atoms with Gasteiger partial charge in [-0.3, -0.25) is 25.2 Å². The average Bonchev–Trinajstić information content (AvgIpc) is 2.71. The summed E-state index contributed by atoms with van der Waals surface area (Å²) in [6, 6.07) is 16.2. The predicted molar refractivity (Wildman–Crippen MR) is 101 cm³/mol. The number of carbonyl (C=O) groups is 3. The van der Waals surface area contributed by atoms with Gasteiger partial charge in [-0.1, -0.05) is 36.4 Å². The van der Waals surface area contributed by atoms with Crippen LogP contribution in [0.2, 0.25) is 0 Å². The molecular formula is C20H17N3O5. The number of H-pyrrole nitrogens is 1. The number of pyridine rings is 1. The van der Waals surface area contributed by atoms with E-state index in [1.807, 2.05) is 0 Å². The number of fused-ring (bicyclic) bond motifs is 1. The fraction of sp³-hybridized carbons (Fsp3) is 0.100. The molecule has 3 N–H and O–H groups in total. The zero-order chi connectivity index (χ0) is 20.1. The zero-order valence-corrected chi connectivity index (χ0v) is 14.9. The fourth-order valence-corrected chi connectivity index (χ4v) is 2.53. The molecular weight excluding hydrogens is 362 g/mol. The van der Waals surface area contributed by atoms with Gasteiger partial charge in [0.15, 0.2) is 6.10 Å². The molecule has 2 amide bonds. The number of carbonyl (C=O) groups excluding carboxylic acids is 3. The van der Waals surface area contributed by atoms with Crippen LogP contribution in [0.4, 0.5) is 0 Å². The number of amides is 2. The minimum absolute atomic E-state index is 0.0484. The molecule has 1 aromatic heterocycles. The van der Waals surface area contributed by atoms with Gasteiger partial charge in [0, 0.05) is 22.5 Å². The highest BCUT2D eigenvalue weighted by molar-refractivity contribution is 6.04. The minimum Gasteiger partial charge on any atom is -0.449 e. The van der Waals surface area contributed by atoms with Crippen LogP contribution in [0.1, 0.15) is 27.6 Å². The molecule has 0 unspecified atom stereocenters. The van der Waals surface area contributed by atoms with Crippen molar-refractivity contribution >= 4 is 28.7 Å². The number of hydrogen-bond donors (Lipinski definition) is 3. The van der Waals surface area contributed by atoms with Crippen LogP contribution in [-0.2, 0) is 9.53 Å². The maximum absolute atomic E-state index is 12.4. The standard InChI is InChI=1S/C20H17N3O5/c1-12(18(25)22-23-19(26)13-7-3-2-4-8-13)28-20(27)15-11-17(24)21-16-10-6-5-9-14(15)16/h2-12H,1H3,(H,21,24)(H,22,25)(H,23,26)/t12-/m1/s1. The summed E-state index contributed by atoms with van der Waals surface area (Å²) in [6.45, 7) is 1.36. The van der Waals surface area contributed by atoms with Crippen molar-refractivity contribution in [3.8, 4) is 0 Å². The van der Waals surface area contributed by atoms with Gasteiger partial charge in [-0.2, -0.15) is 0 Å². The number of hydrogen-bond acceptors (Lipinski definition) is 5. The van der Waals surface area contributed by atoms with Gasteiger partial charge < -0.3 is 9.72 Å². The van der Waals surface area contributed by atoms with Crippen LogP contribution in [0, 0.1) is 0 Å². The van der Waals surface area contributed by atoms with Crippen LogP contribution >= 0.6 is 0 Å². The van der Waals surface area contributed by atoms with Crippen LogP contribution < -0.4 is 16.4 Å². The second kappa shape index (κ2) is 8.17. The molecule has 1 heterocycles. The Hall–Kier alpha value is -3.94. The molecule has 0 radical (unpaired) electrons. The van der Waals surface area contributed by atoms with Crippen LogP contribution in [0.3, 0.4) is 0 Å². The van der Waals surface area contributed by atoms with Crippen molar-refractivity contribution in [1.82, 2.24) is 15.8 Å². The number of ether oxygens (including phenoxy) is 1. The van der Waals surface area contributed by atoms with Crippen molar-refractivity contribution in [1.29, 1.82) is 0 Å². The third-order valence-electron chi connectivity index (χ3n) is 3.96. The molecule has 0 aliphatic carbocycles. The number of aromatic amines is 1. The van der Waals surface area contributed by atoms with Crippen molar-refractivity contribution < 1.29 is 19.1 Å². The van der Waals surface area contributed by atoms with E-state index in [0.29, 0.717) is 16.5 Å². The Balaban J connectivity index is 1.65.